The predicted octanol–water partition coefficient (Wildman–Crippen LogP) is 1.93. The molecule has 0 aliphatic carbocycles. The van der Waals surface area contributed by atoms with Crippen molar-refractivity contribution in [2.75, 3.05) is 18.6 Å². The van der Waals surface area contributed by atoms with Gasteiger partial charge in [-0.1, -0.05) is 6.07 Å². The van der Waals surface area contributed by atoms with Crippen molar-refractivity contribution in [2.24, 2.45) is 5.73 Å². The maximum absolute atomic E-state index is 6.14. The molecule has 0 unspecified atom stereocenters. The van der Waals surface area contributed by atoms with E-state index in [1.165, 1.54) is 0 Å². The maximum Gasteiger partial charge on any atom is 0.128 e. The monoisotopic (exact) mass is 272 g/mol. The molecule has 1 aliphatic rings. The molecule has 5 nitrogen and oxygen atoms in total. The summed E-state index contributed by atoms with van der Waals surface area (Å²) < 4.78 is 7.66. The van der Waals surface area contributed by atoms with E-state index in [0.717, 1.165) is 42.5 Å². The highest BCUT2D eigenvalue weighted by atomic mass is 16.5. The van der Waals surface area contributed by atoms with Crippen molar-refractivity contribution < 1.29 is 4.74 Å². The second-order valence-corrected chi connectivity index (χ2v) is 5.14. The van der Waals surface area contributed by atoms with Crippen LogP contribution in [0.25, 0.3) is 0 Å². The number of ether oxygens (including phenoxy) is 1. The highest BCUT2D eigenvalue weighted by Crippen LogP contribution is 2.34. The van der Waals surface area contributed by atoms with E-state index in [9.17, 15) is 0 Å². The normalized spacial score (nSPS) is 15.8. The van der Waals surface area contributed by atoms with E-state index < -0.39 is 0 Å². The van der Waals surface area contributed by atoms with Crippen molar-refractivity contribution in [3.63, 3.8) is 0 Å². The molecular weight excluding hydrogens is 252 g/mol. The van der Waals surface area contributed by atoms with E-state index in [2.05, 4.69) is 20.5 Å². The van der Waals surface area contributed by atoms with E-state index in [1.54, 1.807) is 7.11 Å². The van der Waals surface area contributed by atoms with Crippen LogP contribution in [0.2, 0.25) is 0 Å². The molecule has 20 heavy (non-hydrogen) atoms. The van der Waals surface area contributed by atoms with Crippen LogP contribution in [0.4, 0.5) is 5.69 Å². The lowest BCUT2D eigenvalue weighted by molar-refractivity contribution is 0.406. The molecule has 2 heterocycles. The molecule has 1 atom stereocenters. The highest BCUT2D eigenvalue weighted by molar-refractivity contribution is 5.61. The Kier molecular flexibility index (Phi) is 3.36. The van der Waals surface area contributed by atoms with Gasteiger partial charge in [0.25, 0.3) is 0 Å². The van der Waals surface area contributed by atoms with Gasteiger partial charge in [0.05, 0.1) is 13.7 Å². The second kappa shape index (κ2) is 5.17. The van der Waals surface area contributed by atoms with Crippen molar-refractivity contribution in [3.05, 3.63) is 42.0 Å². The highest BCUT2D eigenvalue weighted by Gasteiger charge is 2.22. The first kappa shape index (κ1) is 13.0. The lowest BCUT2D eigenvalue weighted by Gasteiger charge is -2.32. The van der Waals surface area contributed by atoms with Gasteiger partial charge in [0.1, 0.15) is 11.6 Å². The number of rotatable bonds is 3. The van der Waals surface area contributed by atoms with Gasteiger partial charge in [0.15, 0.2) is 0 Å². The molecule has 2 aromatic rings. The number of hydrogen-bond acceptors (Lipinski definition) is 4. The molecule has 5 heteroatoms. The Morgan fingerprint density at radius 2 is 2.20 bits per heavy atom. The maximum atomic E-state index is 6.14. The van der Waals surface area contributed by atoms with Crippen molar-refractivity contribution in [1.82, 2.24) is 9.55 Å². The fourth-order valence-electron chi connectivity index (χ4n) is 2.82. The van der Waals surface area contributed by atoms with Crippen LogP contribution in [0.1, 0.15) is 24.4 Å². The molecule has 0 saturated carbocycles. The minimum atomic E-state index is -0.0668. The van der Waals surface area contributed by atoms with Crippen molar-refractivity contribution in [1.29, 1.82) is 0 Å². The number of hydrogen-bond donors (Lipinski definition) is 1. The predicted molar refractivity (Wildman–Crippen MR) is 78.9 cm³/mol. The minimum absolute atomic E-state index is 0.0668. The van der Waals surface area contributed by atoms with E-state index >= 15 is 0 Å². The smallest absolute Gasteiger partial charge is 0.128 e. The second-order valence-electron chi connectivity index (χ2n) is 5.14. The third-order valence-electron chi connectivity index (χ3n) is 3.80. The Hall–Kier alpha value is -2.01. The average Bonchev–Trinajstić information content (AvgIpc) is 2.93. The number of benzene rings is 1. The van der Waals surface area contributed by atoms with Crippen molar-refractivity contribution in [3.8, 4) is 5.75 Å². The summed E-state index contributed by atoms with van der Waals surface area (Å²) in [5.41, 5.74) is 8.36. The van der Waals surface area contributed by atoms with Crippen LogP contribution in [0.15, 0.2) is 30.6 Å². The Morgan fingerprint density at radius 3 is 2.95 bits per heavy atom. The van der Waals surface area contributed by atoms with Crippen LogP contribution >= 0.6 is 0 Å². The van der Waals surface area contributed by atoms with Crippen LogP contribution in [0, 0.1) is 0 Å². The van der Waals surface area contributed by atoms with Gasteiger partial charge in [-0.25, -0.2) is 4.98 Å². The minimum Gasteiger partial charge on any atom is -0.496 e. The first-order chi connectivity index (χ1) is 9.70. The van der Waals surface area contributed by atoms with E-state index in [4.69, 9.17) is 10.5 Å². The Balaban J connectivity index is 1.99. The molecule has 1 aromatic heterocycles. The van der Waals surface area contributed by atoms with Crippen molar-refractivity contribution in [2.45, 2.75) is 26.1 Å². The lowest BCUT2D eigenvalue weighted by atomic mass is 10.0. The fraction of sp³-hybridized carbons (Fsp3) is 0.400. The van der Waals surface area contributed by atoms with E-state index in [-0.39, 0.29) is 6.04 Å². The fourth-order valence-corrected chi connectivity index (χ4v) is 2.82. The number of anilines is 1. The summed E-state index contributed by atoms with van der Waals surface area (Å²) in [5.74, 6) is 1.95. The quantitative estimate of drug-likeness (QED) is 0.927. The van der Waals surface area contributed by atoms with Gasteiger partial charge < -0.3 is 19.9 Å². The molecule has 1 aromatic carbocycles. The van der Waals surface area contributed by atoms with Crippen molar-refractivity contribution >= 4 is 5.69 Å². The zero-order chi connectivity index (χ0) is 14.1. The van der Waals surface area contributed by atoms with Crippen LogP contribution in [0.3, 0.4) is 0 Å². The topological polar surface area (TPSA) is 56.3 Å². The van der Waals surface area contributed by atoms with Gasteiger partial charge in [-0.15, -0.1) is 0 Å². The van der Waals surface area contributed by atoms with Crippen LogP contribution in [-0.2, 0) is 13.1 Å². The number of imidazole rings is 1. The molecule has 0 spiro atoms. The van der Waals surface area contributed by atoms with E-state index in [0.29, 0.717) is 0 Å². The summed E-state index contributed by atoms with van der Waals surface area (Å²) in [6, 6.07) is 6.02. The zero-order valence-corrected chi connectivity index (χ0v) is 11.9. The Morgan fingerprint density at radius 1 is 1.35 bits per heavy atom. The number of nitrogens with zero attached hydrogens (tertiary/aromatic N) is 3. The molecule has 3 rings (SSSR count). The summed E-state index contributed by atoms with van der Waals surface area (Å²) in [4.78, 5) is 6.73. The first-order valence-corrected chi connectivity index (χ1v) is 6.88. The summed E-state index contributed by atoms with van der Waals surface area (Å²) in [6.07, 6.45) is 3.89. The molecule has 0 bridgehead atoms. The lowest BCUT2D eigenvalue weighted by Crippen LogP contribution is -2.34. The van der Waals surface area contributed by atoms with Crippen LogP contribution in [-0.4, -0.2) is 23.2 Å². The number of methoxy groups -OCH3 is 1. The third kappa shape index (κ3) is 2.14. The van der Waals surface area contributed by atoms with Gasteiger partial charge in [-0.3, -0.25) is 0 Å². The molecule has 1 aliphatic heterocycles. The molecule has 0 saturated heterocycles. The van der Waals surface area contributed by atoms with Crippen LogP contribution < -0.4 is 15.4 Å². The number of fused-ring (bicyclic) bond motifs is 1. The summed E-state index contributed by atoms with van der Waals surface area (Å²) in [7, 11) is 1.69. The summed E-state index contributed by atoms with van der Waals surface area (Å²) >= 11 is 0. The zero-order valence-electron chi connectivity index (χ0n) is 11.9. The molecular formula is C15H20N4O. The molecule has 2 N–H and O–H groups in total. The Labute approximate surface area is 119 Å². The van der Waals surface area contributed by atoms with Gasteiger partial charge in [0.2, 0.25) is 0 Å². The van der Waals surface area contributed by atoms with Gasteiger partial charge >= 0.3 is 0 Å². The molecule has 0 amide bonds. The molecule has 106 valence electrons. The number of nitrogens with two attached hydrogens (primary N) is 1. The van der Waals surface area contributed by atoms with Gasteiger partial charge in [-0.05, 0) is 19.1 Å². The van der Waals surface area contributed by atoms with Gasteiger partial charge in [0, 0.05) is 42.8 Å². The Bertz CT molecular complexity index is 606. The van der Waals surface area contributed by atoms with E-state index in [1.807, 2.05) is 31.5 Å². The summed E-state index contributed by atoms with van der Waals surface area (Å²) in [6.45, 7) is 4.70. The van der Waals surface area contributed by atoms with Gasteiger partial charge in [-0.2, -0.15) is 0 Å². The number of aromatic nitrogens is 2. The summed E-state index contributed by atoms with van der Waals surface area (Å²) in [5, 5.41) is 0. The van der Waals surface area contributed by atoms with Crippen LogP contribution in [0.5, 0.6) is 5.75 Å². The first-order valence-electron chi connectivity index (χ1n) is 6.88. The average molecular weight is 272 g/mol. The SMILES string of the molecule is COc1cccc(N2CCn3ccnc3C2)c1[C@@H](C)N. The largest absolute Gasteiger partial charge is 0.496 e. The standard InChI is InChI=1S/C15H20N4O/c1-11(16)15-12(4-3-5-13(15)20-2)19-9-8-18-7-6-17-14(18)10-19/h3-7,11H,8-10,16H2,1-2H3/t11-/m1/s1. The molecule has 0 fully saturated rings. The third-order valence-corrected chi connectivity index (χ3v) is 3.80. The molecule has 0 radical (unpaired) electrons.